The Morgan fingerprint density at radius 2 is 1.94 bits per heavy atom. The van der Waals surface area contributed by atoms with Crippen LogP contribution in [0.4, 0.5) is 12.9 Å². The molecule has 0 radical (unpaired) electrons. The molecule has 0 aliphatic carbocycles. The summed E-state index contributed by atoms with van der Waals surface area (Å²) in [5.74, 6) is -0.513. The lowest BCUT2D eigenvalue weighted by molar-refractivity contribution is 0.0752. The number of halogens is 3. The number of carbonyl (C=O) groups is 1. The smallest absolute Gasteiger partial charge is 0.448 e. The van der Waals surface area contributed by atoms with Crippen molar-refractivity contribution in [2.45, 2.75) is 6.42 Å². The van der Waals surface area contributed by atoms with Gasteiger partial charge in [0, 0.05) is 12.1 Å². The molecular formula is C10H10BF3NO-. The van der Waals surface area contributed by atoms with Crippen LogP contribution in [-0.4, -0.2) is 30.8 Å². The third kappa shape index (κ3) is 2.20. The van der Waals surface area contributed by atoms with Gasteiger partial charge in [-0.1, -0.05) is 18.2 Å². The zero-order valence-electron chi connectivity index (χ0n) is 8.50. The van der Waals surface area contributed by atoms with Crippen LogP contribution in [0.1, 0.15) is 15.9 Å². The van der Waals surface area contributed by atoms with Crippen molar-refractivity contribution in [3.63, 3.8) is 0 Å². The molecule has 0 N–H and O–H groups in total. The SMILES string of the molecule is O=C1c2ccccc2CCN1C[B-](F)(F)F. The first-order valence-corrected chi connectivity index (χ1v) is 5.05. The van der Waals surface area contributed by atoms with Gasteiger partial charge in [0.25, 0.3) is 5.91 Å². The van der Waals surface area contributed by atoms with Gasteiger partial charge in [0.15, 0.2) is 0 Å². The largest absolute Gasteiger partial charge is 0.497 e. The van der Waals surface area contributed by atoms with Gasteiger partial charge in [0.2, 0.25) is 0 Å². The van der Waals surface area contributed by atoms with E-state index in [0.717, 1.165) is 10.5 Å². The minimum atomic E-state index is -4.95. The molecular weight excluding hydrogens is 218 g/mol. The zero-order chi connectivity index (χ0) is 11.8. The molecule has 1 aromatic carbocycles. The first kappa shape index (κ1) is 11.0. The lowest BCUT2D eigenvalue weighted by Crippen LogP contribution is -2.45. The monoisotopic (exact) mass is 228 g/mol. The van der Waals surface area contributed by atoms with E-state index in [9.17, 15) is 17.7 Å². The van der Waals surface area contributed by atoms with E-state index in [2.05, 4.69) is 0 Å². The number of hydrogen-bond donors (Lipinski definition) is 0. The molecule has 0 saturated heterocycles. The summed E-state index contributed by atoms with van der Waals surface area (Å²) in [6, 6.07) is 6.81. The summed E-state index contributed by atoms with van der Waals surface area (Å²) in [4.78, 5) is 12.6. The quantitative estimate of drug-likeness (QED) is 0.709. The first-order chi connectivity index (χ1) is 7.47. The van der Waals surface area contributed by atoms with Gasteiger partial charge in [0.1, 0.15) is 0 Å². The number of nitrogens with zero attached hydrogens (tertiary/aromatic N) is 1. The first-order valence-electron chi connectivity index (χ1n) is 5.05. The molecule has 0 bridgehead atoms. The minimum absolute atomic E-state index is 0.150. The van der Waals surface area contributed by atoms with Crippen LogP contribution in [0.3, 0.4) is 0 Å². The molecule has 86 valence electrons. The van der Waals surface area contributed by atoms with E-state index in [4.69, 9.17) is 0 Å². The van der Waals surface area contributed by atoms with Gasteiger partial charge in [-0.15, -0.1) is 0 Å². The Labute approximate surface area is 91.1 Å². The van der Waals surface area contributed by atoms with Gasteiger partial charge in [-0.2, -0.15) is 0 Å². The predicted octanol–water partition coefficient (Wildman–Crippen LogP) is 2.07. The van der Waals surface area contributed by atoms with Crippen molar-refractivity contribution < 1.29 is 17.7 Å². The maximum absolute atomic E-state index is 12.3. The molecule has 0 atom stereocenters. The fraction of sp³-hybridized carbons (Fsp3) is 0.300. The zero-order valence-corrected chi connectivity index (χ0v) is 8.50. The third-order valence-corrected chi connectivity index (χ3v) is 2.61. The van der Waals surface area contributed by atoms with Gasteiger partial charge in [-0.25, -0.2) is 0 Å². The molecule has 1 heterocycles. The molecule has 1 aliphatic rings. The van der Waals surface area contributed by atoms with Crippen LogP contribution in [0.15, 0.2) is 24.3 Å². The van der Waals surface area contributed by atoms with Crippen LogP contribution >= 0.6 is 0 Å². The third-order valence-electron chi connectivity index (χ3n) is 2.61. The summed E-state index contributed by atoms with van der Waals surface area (Å²) in [5, 5.41) is 0. The van der Waals surface area contributed by atoms with Crippen molar-refractivity contribution in [2.24, 2.45) is 0 Å². The molecule has 2 rings (SSSR count). The number of amides is 1. The van der Waals surface area contributed by atoms with E-state index in [1.54, 1.807) is 24.3 Å². The van der Waals surface area contributed by atoms with Crippen LogP contribution in [0.5, 0.6) is 0 Å². The van der Waals surface area contributed by atoms with Crippen molar-refractivity contribution in [1.29, 1.82) is 0 Å². The van der Waals surface area contributed by atoms with Crippen molar-refractivity contribution in [1.82, 2.24) is 4.90 Å². The number of fused-ring (bicyclic) bond motifs is 1. The summed E-state index contributed by atoms with van der Waals surface area (Å²) < 4.78 is 36.8. The Bertz CT molecular complexity index is 419. The van der Waals surface area contributed by atoms with Crippen molar-refractivity contribution in [2.75, 3.05) is 13.0 Å². The van der Waals surface area contributed by atoms with Crippen LogP contribution < -0.4 is 0 Å². The average molecular weight is 228 g/mol. The Kier molecular flexibility index (Phi) is 2.65. The highest BCUT2D eigenvalue weighted by molar-refractivity contribution is 6.58. The Balaban J connectivity index is 2.22. The maximum Gasteiger partial charge on any atom is 0.497 e. The Hall–Kier alpha value is -1.46. The summed E-state index contributed by atoms with van der Waals surface area (Å²) in [6.07, 6.45) is -0.610. The summed E-state index contributed by atoms with van der Waals surface area (Å²) >= 11 is 0. The van der Waals surface area contributed by atoms with Gasteiger partial charge in [0.05, 0.1) is 0 Å². The van der Waals surface area contributed by atoms with Crippen molar-refractivity contribution in [3.05, 3.63) is 35.4 Å². The molecule has 0 spiro atoms. The molecule has 0 unspecified atom stereocenters. The highest BCUT2D eigenvalue weighted by Crippen LogP contribution is 2.21. The molecule has 1 aromatic rings. The van der Waals surface area contributed by atoms with E-state index in [1.165, 1.54) is 0 Å². The summed E-state index contributed by atoms with van der Waals surface area (Å²) in [5.41, 5.74) is 1.23. The fourth-order valence-corrected chi connectivity index (χ4v) is 1.90. The predicted molar refractivity (Wildman–Crippen MR) is 55.1 cm³/mol. The van der Waals surface area contributed by atoms with Crippen molar-refractivity contribution >= 4 is 12.9 Å². The molecule has 6 heteroatoms. The fourth-order valence-electron chi connectivity index (χ4n) is 1.90. The molecule has 16 heavy (non-hydrogen) atoms. The Morgan fingerprint density at radius 3 is 2.62 bits per heavy atom. The van der Waals surface area contributed by atoms with Gasteiger partial charge < -0.3 is 17.8 Å². The molecule has 0 saturated carbocycles. The Morgan fingerprint density at radius 1 is 1.25 bits per heavy atom. The van der Waals surface area contributed by atoms with E-state index in [1.807, 2.05) is 0 Å². The maximum atomic E-state index is 12.3. The van der Waals surface area contributed by atoms with E-state index in [-0.39, 0.29) is 6.54 Å². The highest BCUT2D eigenvalue weighted by atomic mass is 19.4. The number of hydrogen-bond acceptors (Lipinski definition) is 1. The van der Waals surface area contributed by atoms with Crippen LogP contribution in [0.25, 0.3) is 0 Å². The molecule has 0 aromatic heterocycles. The second kappa shape index (κ2) is 3.85. The van der Waals surface area contributed by atoms with Crippen molar-refractivity contribution in [3.8, 4) is 0 Å². The van der Waals surface area contributed by atoms with Gasteiger partial charge >= 0.3 is 6.98 Å². The second-order valence-electron chi connectivity index (χ2n) is 3.87. The number of carbonyl (C=O) groups excluding carboxylic acids is 1. The molecule has 0 fully saturated rings. The minimum Gasteiger partial charge on any atom is -0.448 e. The van der Waals surface area contributed by atoms with E-state index in [0.29, 0.717) is 12.0 Å². The molecule has 1 aliphatic heterocycles. The average Bonchev–Trinajstić information content (AvgIpc) is 2.21. The highest BCUT2D eigenvalue weighted by Gasteiger charge is 2.32. The van der Waals surface area contributed by atoms with Crippen LogP contribution in [-0.2, 0) is 6.42 Å². The van der Waals surface area contributed by atoms with E-state index < -0.39 is 19.3 Å². The van der Waals surface area contributed by atoms with E-state index >= 15 is 0 Å². The summed E-state index contributed by atoms with van der Waals surface area (Å²) in [6.45, 7) is -4.80. The lowest BCUT2D eigenvalue weighted by atomic mass is 9.88. The van der Waals surface area contributed by atoms with Crippen LogP contribution in [0, 0.1) is 0 Å². The second-order valence-corrected chi connectivity index (χ2v) is 3.87. The molecule has 1 amide bonds. The number of benzene rings is 1. The number of rotatable bonds is 2. The normalized spacial score (nSPS) is 16.2. The van der Waals surface area contributed by atoms with Crippen LogP contribution in [0.2, 0.25) is 0 Å². The van der Waals surface area contributed by atoms with Gasteiger partial charge in [-0.05, 0) is 24.5 Å². The lowest BCUT2D eigenvalue weighted by Gasteiger charge is -2.32. The summed E-state index contributed by atoms with van der Waals surface area (Å²) in [7, 11) is 0. The molecule has 2 nitrogen and oxygen atoms in total. The van der Waals surface area contributed by atoms with Gasteiger partial charge in [-0.3, -0.25) is 4.79 Å². The standard InChI is InChI=1S/C10H10BF3NO/c12-11(13,14)7-15-6-5-8-3-1-2-4-9(8)10(15)16/h1-4H,5-7H2/q-1. The topological polar surface area (TPSA) is 20.3 Å².